The number of guanidine groups is 1. The maximum Gasteiger partial charge on any atom is 0.191 e. The van der Waals surface area contributed by atoms with Crippen LogP contribution in [-0.2, 0) is 6.42 Å². The summed E-state index contributed by atoms with van der Waals surface area (Å²) in [6, 6.07) is 9.35. The van der Waals surface area contributed by atoms with E-state index in [1.807, 2.05) is 25.1 Å². The van der Waals surface area contributed by atoms with Gasteiger partial charge in [-0.1, -0.05) is 6.07 Å². The lowest BCUT2D eigenvalue weighted by Gasteiger charge is -2.13. The summed E-state index contributed by atoms with van der Waals surface area (Å²) in [7, 11) is 3.25. The third-order valence-electron chi connectivity index (χ3n) is 3.79. The van der Waals surface area contributed by atoms with Crippen molar-refractivity contribution < 1.29 is 19.0 Å². The Labute approximate surface area is 154 Å². The number of nitrogens with zero attached hydrogens (tertiary/aromatic N) is 1. The van der Waals surface area contributed by atoms with Crippen molar-refractivity contribution in [3.63, 3.8) is 0 Å². The maximum atomic E-state index is 10.1. The van der Waals surface area contributed by atoms with Gasteiger partial charge >= 0.3 is 0 Å². The highest BCUT2D eigenvalue weighted by molar-refractivity contribution is 5.79. The molecule has 1 aromatic carbocycles. The second-order valence-electron chi connectivity index (χ2n) is 5.62. The minimum atomic E-state index is -0.758. The molecule has 0 radical (unpaired) electrons. The number of furan rings is 1. The highest BCUT2D eigenvalue weighted by atomic mass is 16.5. The Balaban J connectivity index is 1.88. The van der Waals surface area contributed by atoms with Crippen LogP contribution in [0.1, 0.15) is 24.4 Å². The van der Waals surface area contributed by atoms with E-state index in [0.29, 0.717) is 29.8 Å². The predicted molar refractivity (Wildman–Crippen MR) is 101 cm³/mol. The molecule has 0 aliphatic rings. The molecule has 0 fully saturated rings. The molecule has 0 aliphatic heterocycles. The molecule has 0 amide bonds. The summed E-state index contributed by atoms with van der Waals surface area (Å²) < 4.78 is 15.8. The molecule has 7 nitrogen and oxygen atoms in total. The quantitative estimate of drug-likeness (QED) is 0.468. The van der Waals surface area contributed by atoms with Gasteiger partial charge < -0.3 is 29.6 Å². The van der Waals surface area contributed by atoms with Gasteiger partial charge in [0.05, 0.1) is 27.0 Å². The van der Waals surface area contributed by atoms with E-state index in [9.17, 15) is 5.11 Å². The van der Waals surface area contributed by atoms with Crippen molar-refractivity contribution in [2.45, 2.75) is 19.4 Å². The second kappa shape index (κ2) is 10.4. The lowest BCUT2D eigenvalue weighted by molar-refractivity contribution is 0.158. The summed E-state index contributed by atoms with van der Waals surface area (Å²) in [6.45, 7) is 3.64. The molecule has 3 N–H and O–H groups in total. The molecule has 0 spiro atoms. The van der Waals surface area contributed by atoms with E-state index in [-0.39, 0.29) is 6.54 Å². The van der Waals surface area contributed by atoms with Crippen LogP contribution in [0.2, 0.25) is 0 Å². The van der Waals surface area contributed by atoms with Crippen LogP contribution >= 0.6 is 0 Å². The number of nitrogens with one attached hydrogen (secondary N) is 2. The number of methoxy groups -OCH3 is 2. The van der Waals surface area contributed by atoms with E-state index in [4.69, 9.17) is 13.9 Å². The van der Waals surface area contributed by atoms with Crippen LogP contribution < -0.4 is 20.1 Å². The van der Waals surface area contributed by atoms with Crippen molar-refractivity contribution in [1.82, 2.24) is 10.6 Å². The highest BCUT2D eigenvalue weighted by Crippen LogP contribution is 2.27. The van der Waals surface area contributed by atoms with Crippen LogP contribution in [0.5, 0.6) is 11.5 Å². The molecule has 0 saturated heterocycles. The van der Waals surface area contributed by atoms with Crippen LogP contribution in [0, 0.1) is 0 Å². The van der Waals surface area contributed by atoms with Crippen molar-refractivity contribution in [2.24, 2.45) is 4.99 Å². The number of ether oxygens (including phenoxy) is 2. The van der Waals surface area contributed by atoms with Gasteiger partial charge in [0.15, 0.2) is 17.5 Å². The van der Waals surface area contributed by atoms with Crippen LogP contribution in [0.4, 0.5) is 0 Å². The van der Waals surface area contributed by atoms with Gasteiger partial charge in [-0.2, -0.15) is 0 Å². The van der Waals surface area contributed by atoms with E-state index >= 15 is 0 Å². The summed E-state index contributed by atoms with van der Waals surface area (Å²) in [4.78, 5) is 4.40. The Morgan fingerprint density at radius 3 is 2.65 bits per heavy atom. The monoisotopic (exact) mass is 361 g/mol. The summed E-state index contributed by atoms with van der Waals surface area (Å²) in [6.07, 6.45) is 1.58. The zero-order valence-electron chi connectivity index (χ0n) is 15.5. The Morgan fingerprint density at radius 1 is 1.19 bits per heavy atom. The molecule has 0 bridgehead atoms. The number of benzene rings is 1. The van der Waals surface area contributed by atoms with Crippen LogP contribution in [0.25, 0.3) is 0 Å². The first kappa shape index (κ1) is 19.7. The van der Waals surface area contributed by atoms with Gasteiger partial charge in [0.1, 0.15) is 11.9 Å². The predicted octanol–water partition coefficient (Wildman–Crippen LogP) is 2.13. The fraction of sp³-hybridized carbons (Fsp3) is 0.421. The van der Waals surface area contributed by atoms with Gasteiger partial charge in [0, 0.05) is 13.1 Å². The van der Waals surface area contributed by atoms with E-state index < -0.39 is 6.10 Å². The number of rotatable bonds is 9. The Morgan fingerprint density at radius 2 is 2.00 bits per heavy atom. The third-order valence-corrected chi connectivity index (χ3v) is 3.79. The largest absolute Gasteiger partial charge is 0.493 e. The molecular formula is C19H27N3O4. The smallest absolute Gasteiger partial charge is 0.191 e. The number of aliphatic hydroxyl groups excluding tert-OH is 1. The first-order valence-corrected chi connectivity index (χ1v) is 8.62. The highest BCUT2D eigenvalue weighted by Gasteiger charge is 2.10. The standard InChI is InChI=1S/C19H27N3O4/c1-4-20-19(22-13-15(23)16-6-5-11-26-16)21-10-9-14-7-8-17(24-2)18(12-14)25-3/h5-8,11-12,15,23H,4,9-10,13H2,1-3H3,(H2,20,21,22). The number of hydrogen-bond donors (Lipinski definition) is 3. The SMILES string of the molecule is CCNC(=NCC(O)c1ccco1)NCCc1ccc(OC)c(OC)c1. The lowest BCUT2D eigenvalue weighted by Crippen LogP contribution is -2.38. The molecule has 2 rings (SSSR count). The Bertz CT molecular complexity index is 686. The molecule has 1 aromatic heterocycles. The molecule has 26 heavy (non-hydrogen) atoms. The molecule has 1 unspecified atom stereocenters. The zero-order chi connectivity index (χ0) is 18.8. The number of hydrogen-bond acceptors (Lipinski definition) is 5. The first-order chi connectivity index (χ1) is 12.7. The number of aliphatic imine (C=N–C) groups is 1. The topological polar surface area (TPSA) is 88.3 Å². The van der Waals surface area contributed by atoms with Gasteiger partial charge in [0.25, 0.3) is 0 Å². The fourth-order valence-electron chi connectivity index (χ4n) is 2.45. The van der Waals surface area contributed by atoms with Crippen molar-refractivity contribution in [2.75, 3.05) is 33.9 Å². The Kier molecular flexibility index (Phi) is 7.82. The average molecular weight is 361 g/mol. The minimum absolute atomic E-state index is 0.221. The van der Waals surface area contributed by atoms with Crippen LogP contribution in [-0.4, -0.2) is 44.9 Å². The normalized spacial score (nSPS) is 12.5. The van der Waals surface area contributed by atoms with E-state index in [1.54, 1.807) is 26.4 Å². The van der Waals surface area contributed by atoms with Crippen LogP contribution in [0.15, 0.2) is 46.0 Å². The Hall–Kier alpha value is -2.67. The molecule has 1 heterocycles. The molecule has 142 valence electrons. The van der Waals surface area contributed by atoms with E-state index in [0.717, 1.165) is 18.5 Å². The van der Waals surface area contributed by atoms with Crippen LogP contribution in [0.3, 0.4) is 0 Å². The zero-order valence-corrected chi connectivity index (χ0v) is 15.5. The van der Waals surface area contributed by atoms with Gasteiger partial charge in [-0.05, 0) is 43.2 Å². The summed E-state index contributed by atoms with van der Waals surface area (Å²) in [5, 5.41) is 16.5. The van der Waals surface area contributed by atoms with E-state index in [2.05, 4.69) is 15.6 Å². The molecular weight excluding hydrogens is 334 g/mol. The summed E-state index contributed by atoms with van der Waals surface area (Å²) >= 11 is 0. The van der Waals surface area contributed by atoms with Gasteiger partial charge in [-0.25, -0.2) is 0 Å². The fourth-order valence-corrected chi connectivity index (χ4v) is 2.45. The van der Waals surface area contributed by atoms with Crippen molar-refractivity contribution in [1.29, 1.82) is 0 Å². The van der Waals surface area contributed by atoms with Gasteiger partial charge in [0.2, 0.25) is 0 Å². The maximum absolute atomic E-state index is 10.1. The van der Waals surface area contributed by atoms with Crippen molar-refractivity contribution in [3.05, 3.63) is 47.9 Å². The second-order valence-corrected chi connectivity index (χ2v) is 5.62. The molecule has 2 aromatic rings. The number of aliphatic hydroxyl groups is 1. The van der Waals surface area contributed by atoms with Crippen molar-refractivity contribution >= 4 is 5.96 Å². The molecule has 1 atom stereocenters. The van der Waals surface area contributed by atoms with E-state index in [1.165, 1.54) is 6.26 Å². The summed E-state index contributed by atoms with van der Waals surface area (Å²) in [5.74, 6) is 2.59. The molecule has 0 saturated carbocycles. The van der Waals surface area contributed by atoms with Gasteiger partial charge in [-0.15, -0.1) is 0 Å². The van der Waals surface area contributed by atoms with Crippen molar-refractivity contribution in [3.8, 4) is 11.5 Å². The average Bonchev–Trinajstić information content (AvgIpc) is 3.20. The van der Waals surface area contributed by atoms with Gasteiger partial charge in [-0.3, -0.25) is 4.99 Å². The molecule has 0 aliphatic carbocycles. The lowest BCUT2D eigenvalue weighted by atomic mass is 10.1. The third kappa shape index (κ3) is 5.70. The minimum Gasteiger partial charge on any atom is -0.493 e. The first-order valence-electron chi connectivity index (χ1n) is 8.62. The summed E-state index contributed by atoms with van der Waals surface area (Å²) in [5.41, 5.74) is 1.13. The molecule has 7 heteroatoms.